The Balaban J connectivity index is 2.33. The maximum Gasteiger partial charge on any atom is 0.129 e. The van der Waals surface area contributed by atoms with Crippen LogP contribution in [-0.4, -0.2) is 18.1 Å². The summed E-state index contributed by atoms with van der Waals surface area (Å²) in [6.07, 6.45) is 0.959. The molecule has 0 saturated heterocycles. The second kappa shape index (κ2) is 6.86. The van der Waals surface area contributed by atoms with Gasteiger partial charge in [0.15, 0.2) is 0 Å². The molecular formula is C16H22N2OS. The minimum Gasteiger partial charge on any atom is -0.496 e. The number of benzene rings is 1. The molecule has 0 bridgehead atoms. The van der Waals surface area contributed by atoms with Gasteiger partial charge in [-0.3, -0.25) is 0 Å². The van der Waals surface area contributed by atoms with Crippen LogP contribution in [0.2, 0.25) is 0 Å². The fraction of sp³-hybridized carbons (Fsp3) is 0.438. The fourth-order valence-corrected chi connectivity index (χ4v) is 3.16. The lowest BCUT2D eigenvalue weighted by molar-refractivity contribution is 0.416. The molecule has 0 aliphatic carbocycles. The van der Waals surface area contributed by atoms with E-state index < -0.39 is 0 Å². The van der Waals surface area contributed by atoms with Gasteiger partial charge in [-0.05, 0) is 18.6 Å². The van der Waals surface area contributed by atoms with Gasteiger partial charge in [-0.25, -0.2) is 4.98 Å². The van der Waals surface area contributed by atoms with Crippen molar-refractivity contribution in [3.63, 3.8) is 0 Å². The van der Waals surface area contributed by atoms with Gasteiger partial charge in [-0.15, -0.1) is 11.3 Å². The monoisotopic (exact) mass is 290 g/mol. The molecule has 3 nitrogen and oxygen atoms in total. The second-order valence-electron chi connectivity index (χ2n) is 4.98. The molecule has 0 spiro atoms. The molecule has 0 amide bonds. The van der Waals surface area contributed by atoms with E-state index in [-0.39, 0.29) is 0 Å². The standard InChI is InChI=1S/C16H22N2OS/c1-5-13-15(10-17-11(2)3)20-16(18-13)12-8-6-7-9-14(12)19-4/h6-9,11,17H,5,10H2,1-4H3. The molecule has 1 N–H and O–H groups in total. The number of methoxy groups -OCH3 is 1. The van der Waals surface area contributed by atoms with Crippen LogP contribution >= 0.6 is 11.3 Å². The third-order valence-electron chi connectivity index (χ3n) is 3.12. The fourth-order valence-electron chi connectivity index (χ4n) is 2.03. The number of hydrogen-bond donors (Lipinski definition) is 1. The molecule has 2 rings (SSSR count). The molecular weight excluding hydrogens is 268 g/mol. The first-order valence-electron chi connectivity index (χ1n) is 7.01. The van der Waals surface area contributed by atoms with Crippen LogP contribution in [0.15, 0.2) is 24.3 Å². The number of aryl methyl sites for hydroxylation is 1. The van der Waals surface area contributed by atoms with Gasteiger partial charge < -0.3 is 10.1 Å². The van der Waals surface area contributed by atoms with Crippen molar-refractivity contribution in [2.24, 2.45) is 0 Å². The molecule has 0 saturated carbocycles. The third-order valence-corrected chi connectivity index (χ3v) is 4.25. The molecule has 1 aromatic carbocycles. The van der Waals surface area contributed by atoms with E-state index in [1.807, 2.05) is 18.2 Å². The molecule has 2 aromatic rings. The SMILES string of the molecule is CCc1nc(-c2ccccc2OC)sc1CNC(C)C. The van der Waals surface area contributed by atoms with Crippen LogP contribution in [0, 0.1) is 0 Å². The van der Waals surface area contributed by atoms with Gasteiger partial charge in [0.2, 0.25) is 0 Å². The first kappa shape index (κ1) is 15.0. The molecule has 0 atom stereocenters. The van der Waals surface area contributed by atoms with Crippen LogP contribution in [0.25, 0.3) is 10.6 Å². The summed E-state index contributed by atoms with van der Waals surface area (Å²) in [7, 11) is 1.70. The summed E-state index contributed by atoms with van der Waals surface area (Å²) in [6, 6.07) is 8.54. The van der Waals surface area contributed by atoms with E-state index in [1.54, 1.807) is 18.4 Å². The minimum absolute atomic E-state index is 0.483. The van der Waals surface area contributed by atoms with E-state index in [0.29, 0.717) is 6.04 Å². The molecule has 4 heteroatoms. The zero-order valence-electron chi connectivity index (χ0n) is 12.6. The van der Waals surface area contributed by atoms with Crippen LogP contribution in [0.4, 0.5) is 0 Å². The topological polar surface area (TPSA) is 34.1 Å². The van der Waals surface area contributed by atoms with Crippen molar-refractivity contribution >= 4 is 11.3 Å². The van der Waals surface area contributed by atoms with Crippen LogP contribution in [-0.2, 0) is 13.0 Å². The lowest BCUT2D eigenvalue weighted by atomic mass is 10.2. The highest BCUT2D eigenvalue weighted by Crippen LogP contribution is 2.34. The highest BCUT2D eigenvalue weighted by atomic mass is 32.1. The summed E-state index contributed by atoms with van der Waals surface area (Å²) in [5.41, 5.74) is 2.26. The first-order chi connectivity index (χ1) is 9.65. The average molecular weight is 290 g/mol. The molecule has 0 unspecified atom stereocenters. The van der Waals surface area contributed by atoms with Crippen LogP contribution in [0.1, 0.15) is 31.3 Å². The smallest absolute Gasteiger partial charge is 0.129 e. The van der Waals surface area contributed by atoms with Gasteiger partial charge in [-0.2, -0.15) is 0 Å². The lowest BCUT2D eigenvalue weighted by Gasteiger charge is -2.06. The number of para-hydroxylation sites is 1. The van der Waals surface area contributed by atoms with Crippen molar-refractivity contribution in [1.82, 2.24) is 10.3 Å². The minimum atomic E-state index is 0.483. The predicted octanol–water partition coefficient (Wildman–Crippen LogP) is 3.88. The molecule has 20 heavy (non-hydrogen) atoms. The van der Waals surface area contributed by atoms with E-state index >= 15 is 0 Å². The quantitative estimate of drug-likeness (QED) is 0.876. The van der Waals surface area contributed by atoms with Crippen molar-refractivity contribution in [2.45, 2.75) is 39.8 Å². The molecule has 1 aromatic heterocycles. The molecule has 0 aliphatic heterocycles. The number of ether oxygens (including phenoxy) is 1. The van der Waals surface area contributed by atoms with Gasteiger partial charge in [0.1, 0.15) is 10.8 Å². The normalized spacial score (nSPS) is 11.1. The van der Waals surface area contributed by atoms with E-state index in [0.717, 1.165) is 29.3 Å². The first-order valence-corrected chi connectivity index (χ1v) is 7.82. The van der Waals surface area contributed by atoms with Crippen LogP contribution in [0.5, 0.6) is 5.75 Å². The predicted molar refractivity (Wildman–Crippen MR) is 85.5 cm³/mol. The summed E-state index contributed by atoms with van der Waals surface area (Å²) < 4.78 is 5.43. The average Bonchev–Trinajstić information content (AvgIpc) is 2.88. The largest absolute Gasteiger partial charge is 0.496 e. The number of rotatable bonds is 6. The zero-order valence-corrected chi connectivity index (χ0v) is 13.4. The Labute approximate surface area is 125 Å². The summed E-state index contributed by atoms with van der Waals surface area (Å²) in [5.74, 6) is 0.882. The van der Waals surface area contributed by atoms with E-state index in [1.165, 1.54) is 10.6 Å². The number of aromatic nitrogens is 1. The lowest BCUT2D eigenvalue weighted by Crippen LogP contribution is -2.21. The highest BCUT2D eigenvalue weighted by molar-refractivity contribution is 7.15. The molecule has 108 valence electrons. The number of nitrogens with one attached hydrogen (secondary N) is 1. The van der Waals surface area contributed by atoms with E-state index in [4.69, 9.17) is 9.72 Å². The molecule has 0 fully saturated rings. The Kier molecular flexibility index (Phi) is 5.15. The number of thiazole rings is 1. The van der Waals surface area contributed by atoms with Crippen molar-refractivity contribution < 1.29 is 4.74 Å². The molecule has 0 radical (unpaired) electrons. The van der Waals surface area contributed by atoms with Crippen molar-refractivity contribution in [2.75, 3.05) is 7.11 Å². The Bertz CT molecular complexity index is 563. The Morgan fingerprint density at radius 2 is 2.05 bits per heavy atom. The van der Waals surface area contributed by atoms with Gasteiger partial charge in [0, 0.05) is 17.5 Å². The van der Waals surface area contributed by atoms with E-state index in [2.05, 4.69) is 32.2 Å². The van der Waals surface area contributed by atoms with Crippen molar-refractivity contribution in [3.8, 4) is 16.3 Å². The maximum atomic E-state index is 5.43. The highest BCUT2D eigenvalue weighted by Gasteiger charge is 2.14. The number of nitrogens with zero attached hydrogens (tertiary/aromatic N) is 1. The molecule has 0 aliphatic rings. The summed E-state index contributed by atoms with van der Waals surface area (Å²) in [6.45, 7) is 7.36. The van der Waals surface area contributed by atoms with Gasteiger partial charge in [-0.1, -0.05) is 32.9 Å². The summed E-state index contributed by atoms with van der Waals surface area (Å²) >= 11 is 1.76. The Morgan fingerprint density at radius 3 is 2.70 bits per heavy atom. The maximum absolute atomic E-state index is 5.43. The van der Waals surface area contributed by atoms with Gasteiger partial charge in [0.05, 0.1) is 18.4 Å². The summed E-state index contributed by atoms with van der Waals surface area (Å²) in [5, 5.41) is 4.51. The third kappa shape index (κ3) is 3.38. The summed E-state index contributed by atoms with van der Waals surface area (Å²) in [4.78, 5) is 6.11. The molecule has 1 heterocycles. The van der Waals surface area contributed by atoms with Crippen LogP contribution in [0.3, 0.4) is 0 Å². The number of hydrogen-bond acceptors (Lipinski definition) is 4. The second-order valence-corrected chi connectivity index (χ2v) is 6.06. The van der Waals surface area contributed by atoms with Crippen molar-refractivity contribution in [3.05, 3.63) is 34.8 Å². The van der Waals surface area contributed by atoms with Gasteiger partial charge in [0.25, 0.3) is 0 Å². The Morgan fingerprint density at radius 1 is 1.30 bits per heavy atom. The van der Waals surface area contributed by atoms with E-state index in [9.17, 15) is 0 Å². The zero-order chi connectivity index (χ0) is 14.5. The Hall–Kier alpha value is -1.39. The van der Waals surface area contributed by atoms with Crippen molar-refractivity contribution in [1.29, 1.82) is 0 Å². The van der Waals surface area contributed by atoms with Crippen LogP contribution < -0.4 is 10.1 Å². The van der Waals surface area contributed by atoms with Gasteiger partial charge >= 0.3 is 0 Å².